The highest BCUT2D eigenvalue weighted by Gasteiger charge is 2.20. The van der Waals surface area contributed by atoms with Crippen LogP contribution in [0.1, 0.15) is 0 Å². The number of hydrogen-bond donors (Lipinski definition) is 0. The van der Waals surface area contributed by atoms with Crippen LogP contribution in [0.3, 0.4) is 0 Å². The summed E-state index contributed by atoms with van der Waals surface area (Å²) in [6, 6.07) is 41.4. The first-order valence-corrected chi connectivity index (χ1v) is 12.7. The summed E-state index contributed by atoms with van der Waals surface area (Å²) in [5.41, 5.74) is 3.55. The summed E-state index contributed by atoms with van der Waals surface area (Å²) in [6.45, 7) is 0. The molecule has 0 atom stereocenters. The average molecular weight is 458 g/mol. The van der Waals surface area contributed by atoms with Crippen molar-refractivity contribution in [3.63, 3.8) is 0 Å². The van der Waals surface area contributed by atoms with Crippen LogP contribution in [-0.4, -0.2) is 0 Å². The second-order valence-electron chi connectivity index (χ2n) is 8.17. The third-order valence-corrected chi connectivity index (χ3v) is 8.58. The maximum absolute atomic E-state index is 2.39. The van der Waals surface area contributed by atoms with Gasteiger partial charge in [0.1, 0.15) is 0 Å². The highest BCUT2D eigenvalue weighted by atomic mass is 32.1. The van der Waals surface area contributed by atoms with Crippen LogP contribution >= 0.6 is 22.7 Å². The van der Waals surface area contributed by atoms with Gasteiger partial charge in [0, 0.05) is 51.7 Å². The largest absolute Gasteiger partial charge is 0.310 e. The van der Waals surface area contributed by atoms with Gasteiger partial charge in [0.15, 0.2) is 0 Å². The average Bonchev–Trinajstić information content (AvgIpc) is 3.44. The maximum atomic E-state index is 2.39. The highest BCUT2D eigenvalue weighted by Crippen LogP contribution is 2.49. The topological polar surface area (TPSA) is 3.24 Å². The lowest BCUT2D eigenvalue weighted by Gasteiger charge is -2.26. The first-order chi connectivity index (χ1) is 16.4. The quantitative estimate of drug-likeness (QED) is 0.255. The van der Waals surface area contributed by atoms with Crippen molar-refractivity contribution in [3.05, 3.63) is 115 Å². The Labute approximate surface area is 199 Å². The first kappa shape index (κ1) is 18.9. The van der Waals surface area contributed by atoms with Crippen LogP contribution < -0.4 is 4.90 Å². The van der Waals surface area contributed by atoms with Gasteiger partial charge in [-0.2, -0.15) is 0 Å². The molecule has 33 heavy (non-hydrogen) atoms. The standard InChI is InChI=1S/C30H19NS2/c1-3-10-20(11-4-1)31(21-12-5-2-6-13-21)24-15-9-17-26-28(24)29-27(32-26)19-18-23-22-14-7-8-16-25(22)33-30(23)29/h1-19H. The van der Waals surface area contributed by atoms with Crippen LogP contribution in [-0.2, 0) is 0 Å². The van der Waals surface area contributed by atoms with Gasteiger partial charge in [-0.3, -0.25) is 0 Å². The SMILES string of the molecule is c1ccc(N(c2ccccc2)c2cccc3sc4ccc5c6ccccc6sc5c4c23)cc1. The number of anilines is 3. The van der Waals surface area contributed by atoms with E-state index in [2.05, 4.69) is 120 Å². The number of nitrogens with zero attached hydrogens (tertiary/aromatic N) is 1. The molecule has 0 N–H and O–H groups in total. The molecular weight excluding hydrogens is 438 g/mol. The van der Waals surface area contributed by atoms with Crippen molar-refractivity contribution in [3.8, 4) is 0 Å². The van der Waals surface area contributed by atoms with Crippen molar-refractivity contribution in [2.75, 3.05) is 4.90 Å². The zero-order valence-corrected chi connectivity index (χ0v) is 19.4. The third kappa shape index (κ3) is 2.90. The molecule has 0 radical (unpaired) electrons. The molecule has 0 saturated carbocycles. The van der Waals surface area contributed by atoms with E-state index in [1.165, 1.54) is 57.4 Å². The molecule has 0 aliphatic heterocycles. The zero-order valence-electron chi connectivity index (χ0n) is 17.7. The van der Waals surface area contributed by atoms with E-state index in [4.69, 9.17) is 0 Å². The molecule has 0 amide bonds. The Balaban J connectivity index is 1.63. The smallest absolute Gasteiger partial charge is 0.0555 e. The fraction of sp³-hybridized carbons (Fsp3) is 0. The fourth-order valence-electron chi connectivity index (χ4n) is 4.83. The minimum Gasteiger partial charge on any atom is -0.310 e. The Bertz CT molecular complexity index is 1720. The molecule has 0 aliphatic rings. The van der Waals surface area contributed by atoms with Crippen LogP contribution in [0.2, 0.25) is 0 Å². The highest BCUT2D eigenvalue weighted by molar-refractivity contribution is 7.29. The van der Waals surface area contributed by atoms with Gasteiger partial charge < -0.3 is 4.90 Å². The van der Waals surface area contributed by atoms with E-state index in [0.717, 1.165) is 0 Å². The monoisotopic (exact) mass is 457 g/mol. The van der Waals surface area contributed by atoms with E-state index in [1.807, 2.05) is 22.7 Å². The van der Waals surface area contributed by atoms with E-state index in [1.54, 1.807) is 0 Å². The number of thiophene rings is 2. The summed E-state index contributed by atoms with van der Waals surface area (Å²) in [4.78, 5) is 2.39. The lowest BCUT2D eigenvalue weighted by Crippen LogP contribution is -2.09. The molecule has 2 heterocycles. The van der Waals surface area contributed by atoms with Gasteiger partial charge in [-0.15, -0.1) is 22.7 Å². The number of benzene rings is 5. The fourth-order valence-corrected chi connectivity index (χ4v) is 7.29. The predicted molar refractivity (Wildman–Crippen MR) is 147 cm³/mol. The Kier molecular flexibility index (Phi) is 4.26. The van der Waals surface area contributed by atoms with Crippen molar-refractivity contribution >= 4 is 80.1 Å². The normalized spacial score (nSPS) is 11.6. The van der Waals surface area contributed by atoms with Gasteiger partial charge in [-0.1, -0.05) is 66.7 Å². The van der Waals surface area contributed by atoms with Crippen molar-refractivity contribution < 1.29 is 0 Å². The lowest BCUT2D eigenvalue weighted by molar-refractivity contribution is 1.30. The lowest BCUT2D eigenvalue weighted by atomic mass is 10.1. The van der Waals surface area contributed by atoms with Gasteiger partial charge in [0.2, 0.25) is 0 Å². The number of para-hydroxylation sites is 2. The van der Waals surface area contributed by atoms with Gasteiger partial charge in [-0.25, -0.2) is 0 Å². The summed E-state index contributed by atoms with van der Waals surface area (Å²) in [7, 11) is 0. The van der Waals surface area contributed by atoms with E-state index >= 15 is 0 Å². The molecule has 5 aromatic carbocycles. The van der Waals surface area contributed by atoms with Gasteiger partial charge >= 0.3 is 0 Å². The molecule has 0 unspecified atom stereocenters. The van der Waals surface area contributed by atoms with Crippen LogP contribution in [0.5, 0.6) is 0 Å². The number of hydrogen-bond acceptors (Lipinski definition) is 3. The molecule has 0 bridgehead atoms. The van der Waals surface area contributed by atoms with Gasteiger partial charge in [-0.05, 0) is 48.5 Å². The van der Waals surface area contributed by atoms with E-state index in [-0.39, 0.29) is 0 Å². The summed E-state index contributed by atoms with van der Waals surface area (Å²) < 4.78 is 5.40. The molecular formula is C30H19NS2. The van der Waals surface area contributed by atoms with Crippen molar-refractivity contribution in [2.24, 2.45) is 0 Å². The molecule has 0 spiro atoms. The van der Waals surface area contributed by atoms with Crippen molar-refractivity contribution in [1.29, 1.82) is 0 Å². The molecule has 2 aromatic heterocycles. The molecule has 0 saturated heterocycles. The molecule has 1 nitrogen and oxygen atoms in total. The number of rotatable bonds is 3. The summed E-state index contributed by atoms with van der Waals surface area (Å²) in [6.07, 6.45) is 0. The minimum atomic E-state index is 1.17. The Hall–Kier alpha value is -3.66. The first-order valence-electron chi connectivity index (χ1n) is 11.0. The predicted octanol–water partition coefficient (Wildman–Crippen LogP) is 9.89. The Morgan fingerprint density at radius 1 is 0.424 bits per heavy atom. The summed E-state index contributed by atoms with van der Waals surface area (Å²) in [5, 5.41) is 5.41. The van der Waals surface area contributed by atoms with E-state index < -0.39 is 0 Å². The van der Waals surface area contributed by atoms with Crippen LogP contribution in [0, 0.1) is 0 Å². The Morgan fingerprint density at radius 2 is 1.06 bits per heavy atom. The summed E-state index contributed by atoms with van der Waals surface area (Å²) in [5.74, 6) is 0. The van der Waals surface area contributed by atoms with Gasteiger partial charge in [0.05, 0.1) is 5.69 Å². The van der Waals surface area contributed by atoms with Crippen LogP contribution in [0.15, 0.2) is 115 Å². The number of fused-ring (bicyclic) bond motifs is 7. The molecule has 7 rings (SSSR count). The Morgan fingerprint density at radius 3 is 1.82 bits per heavy atom. The van der Waals surface area contributed by atoms with Crippen molar-refractivity contribution in [2.45, 2.75) is 0 Å². The third-order valence-electron chi connectivity index (χ3n) is 6.25. The second kappa shape index (κ2) is 7.45. The molecule has 3 heteroatoms. The van der Waals surface area contributed by atoms with Gasteiger partial charge in [0.25, 0.3) is 0 Å². The zero-order chi connectivity index (χ0) is 21.8. The summed E-state index contributed by atoms with van der Waals surface area (Å²) >= 11 is 3.80. The van der Waals surface area contributed by atoms with E-state index in [0.29, 0.717) is 0 Å². The second-order valence-corrected chi connectivity index (χ2v) is 10.3. The molecule has 0 fully saturated rings. The minimum absolute atomic E-state index is 1.17. The van der Waals surface area contributed by atoms with Crippen LogP contribution in [0.4, 0.5) is 17.1 Å². The molecule has 0 aliphatic carbocycles. The maximum Gasteiger partial charge on any atom is 0.0555 e. The van der Waals surface area contributed by atoms with Crippen LogP contribution in [0.25, 0.3) is 40.3 Å². The van der Waals surface area contributed by atoms with E-state index in [9.17, 15) is 0 Å². The molecule has 7 aromatic rings. The molecule has 156 valence electrons. The van der Waals surface area contributed by atoms with Crippen molar-refractivity contribution in [1.82, 2.24) is 0 Å².